The van der Waals surface area contributed by atoms with Crippen molar-refractivity contribution in [3.05, 3.63) is 40.6 Å². The number of unbranched alkanes of at least 4 members (excludes halogenated alkanes) is 1. The largest absolute Gasteiger partial charge is 0.397 e. The number of halogens is 1. The lowest BCUT2D eigenvalue weighted by Crippen LogP contribution is -2.12. The summed E-state index contributed by atoms with van der Waals surface area (Å²) < 4.78 is 3.01. The van der Waals surface area contributed by atoms with Crippen LogP contribution in [0.4, 0.5) is 11.4 Å². The second-order valence-corrected chi connectivity index (χ2v) is 6.83. The summed E-state index contributed by atoms with van der Waals surface area (Å²) in [5, 5.41) is 7.65. The summed E-state index contributed by atoms with van der Waals surface area (Å²) in [6, 6.07) is 8.01. The lowest BCUT2D eigenvalue weighted by Gasteiger charge is -2.15. The SMILES string of the molecule is C[C@H](CCCCc1ccnn1C)CNc1cc(Br)ccc1N. The lowest BCUT2D eigenvalue weighted by molar-refractivity contribution is 0.514. The highest BCUT2D eigenvalue weighted by Gasteiger charge is 2.05. The van der Waals surface area contributed by atoms with Gasteiger partial charge in [0.15, 0.2) is 0 Å². The van der Waals surface area contributed by atoms with Crippen molar-refractivity contribution in [1.82, 2.24) is 9.78 Å². The molecular formula is C17H25BrN4. The molecule has 1 atom stereocenters. The summed E-state index contributed by atoms with van der Waals surface area (Å²) in [6.45, 7) is 3.23. The smallest absolute Gasteiger partial charge is 0.0585 e. The van der Waals surface area contributed by atoms with Gasteiger partial charge < -0.3 is 11.1 Å². The predicted molar refractivity (Wildman–Crippen MR) is 97.0 cm³/mol. The molecule has 1 aromatic carbocycles. The number of nitrogens with two attached hydrogens (primary N) is 1. The minimum absolute atomic E-state index is 0.630. The first-order valence-corrected chi connectivity index (χ1v) is 8.61. The Morgan fingerprint density at radius 3 is 2.86 bits per heavy atom. The van der Waals surface area contributed by atoms with Crippen LogP contribution in [0.15, 0.2) is 34.9 Å². The van der Waals surface area contributed by atoms with Gasteiger partial charge in [-0.25, -0.2) is 0 Å². The molecule has 3 N–H and O–H groups in total. The zero-order valence-corrected chi connectivity index (χ0v) is 14.9. The molecule has 120 valence electrons. The number of aromatic nitrogens is 2. The van der Waals surface area contributed by atoms with Crippen LogP contribution >= 0.6 is 15.9 Å². The van der Waals surface area contributed by atoms with E-state index in [1.807, 2.05) is 36.1 Å². The van der Waals surface area contributed by atoms with Crippen molar-refractivity contribution in [3.8, 4) is 0 Å². The topological polar surface area (TPSA) is 55.9 Å². The molecule has 5 heteroatoms. The molecule has 2 aromatic rings. The molecule has 1 heterocycles. The Morgan fingerprint density at radius 2 is 2.14 bits per heavy atom. The summed E-state index contributed by atoms with van der Waals surface area (Å²) in [4.78, 5) is 0. The van der Waals surface area contributed by atoms with Crippen LogP contribution in [0.3, 0.4) is 0 Å². The van der Waals surface area contributed by atoms with Crippen LogP contribution in [-0.4, -0.2) is 16.3 Å². The maximum atomic E-state index is 5.97. The highest BCUT2D eigenvalue weighted by molar-refractivity contribution is 9.10. The molecule has 2 rings (SSSR count). The molecule has 0 aliphatic carbocycles. The summed E-state index contributed by atoms with van der Waals surface area (Å²) in [5.74, 6) is 0.630. The zero-order valence-electron chi connectivity index (χ0n) is 13.3. The first kappa shape index (κ1) is 16.9. The van der Waals surface area contributed by atoms with Crippen molar-refractivity contribution in [2.24, 2.45) is 13.0 Å². The van der Waals surface area contributed by atoms with Crippen molar-refractivity contribution >= 4 is 27.3 Å². The van der Waals surface area contributed by atoms with Gasteiger partial charge in [0.2, 0.25) is 0 Å². The number of hydrogen-bond donors (Lipinski definition) is 2. The van der Waals surface area contributed by atoms with Crippen molar-refractivity contribution in [2.45, 2.75) is 32.6 Å². The Bertz CT molecular complexity index is 594. The second kappa shape index (κ2) is 8.22. The molecule has 4 nitrogen and oxygen atoms in total. The van der Waals surface area contributed by atoms with E-state index in [2.05, 4.69) is 39.3 Å². The highest BCUT2D eigenvalue weighted by Crippen LogP contribution is 2.24. The van der Waals surface area contributed by atoms with E-state index >= 15 is 0 Å². The normalized spacial score (nSPS) is 12.3. The van der Waals surface area contributed by atoms with Crippen LogP contribution in [0.5, 0.6) is 0 Å². The van der Waals surface area contributed by atoms with E-state index in [9.17, 15) is 0 Å². The van der Waals surface area contributed by atoms with E-state index < -0.39 is 0 Å². The third-order valence-electron chi connectivity index (χ3n) is 3.96. The molecule has 0 unspecified atom stereocenters. The Morgan fingerprint density at radius 1 is 1.32 bits per heavy atom. The average molecular weight is 365 g/mol. The lowest BCUT2D eigenvalue weighted by atomic mass is 10.0. The molecule has 22 heavy (non-hydrogen) atoms. The summed E-state index contributed by atoms with van der Waals surface area (Å²) in [5.41, 5.74) is 9.09. The van der Waals surface area contributed by atoms with Gasteiger partial charge in [0.25, 0.3) is 0 Å². The first-order chi connectivity index (χ1) is 10.6. The van der Waals surface area contributed by atoms with Gasteiger partial charge in [0.05, 0.1) is 11.4 Å². The maximum absolute atomic E-state index is 5.97. The highest BCUT2D eigenvalue weighted by atomic mass is 79.9. The Labute approximate surface area is 141 Å². The quantitative estimate of drug-likeness (QED) is 0.544. The van der Waals surface area contributed by atoms with Crippen molar-refractivity contribution in [3.63, 3.8) is 0 Å². The predicted octanol–water partition coefficient (Wildman–Crippen LogP) is 4.23. The molecule has 0 aliphatic heterocycles. The molecule has 0 saturated carbocycles. The van der Waals surface area contributed by atoms with Crippen LogP contribution in [0, 0.1) is 5.92 Å². The number of hydrogen-bond acceptors (Lipinski definition) is 3. The van der Waals surface area contributed by atoms with Crippen LogP contribution in [-0.2, 0) is 13.5 Å². The van der Waals surface area contributed by atoms with Gasteiger partial charge in [-0.1, -0.05) is 29.3 Å². The van der Waals surface area contributed by atoms with Crippen LogP contribution in [0.25, 0.3) is 0 Å². The molecule has 0 amide bonds. The molecule has 0 saturated heterocycles. The van der Waals surface area contributed by atoms with Crippen molar-refractivity contribution in [2.75, 3.05) is 17.6 Å². The molecule has 0 fully saturated rings. The first-order valence-electron chi connectivity index (χ1n) is 7.82. The molecule has 0 bridgehead atoms. The van der Waals surface area contributed by atoms with Gasteiger partial charge in [-0.15, -0.1) is 0 Å². The van der Waals surface area contributed by atoms with Gasteiger partial charge >= 0.3 is 0 Å². The van der Waals surface area contributed by atoms with E-state index in [1.54, 1.807) is 0 Å². The number of nitrogen functional groups attached to an aromatic ring is 1. The minimum atomic E-state index is 0.630. The number of anilines is 2. The van der Waals surface area contributed by atoms with E-state index in [-0.39, 0.29) is 0 Å². The molecule has 0 radical (unpaired) electrons. The molecule has 0 spiro atoms. The third-order valence-corrected chi connectivity index (χ3v) is 4.45. The van der Waals surface area contributed by atoms with Crippen LogP contribution in [0.2, 0.25) is 0 Å². The fourth-order valence-electron chi connectivity index (χ4n) is 2.51. The Hall–Kier alpha value is -1.49. The maximum Gasteiger partial charge on any atom is 0.0585 e. The number of aryl methyl sites for hydroxylation is 2. The van der Waals surface area contributed by atoms with E-state index in [4.69, 9.17) is 5.73 Å². The van der Waals surface area contributed by atoms with E-state index in [1.165, 1.54) is 25.0 Å². The second-order valence-electron chi connectivity index (χ2n) is 5.91. The number of nitrogens with one attached hydrogen (secondary N) is 1. The molecule has 1 aromatic heterocycles. The van der Waals surface area contributed by atoms with Gasteiger partial charge in [-0.3, -0.25) is 4.68 Å². The molecule has 0 aliphatic rings. The van der Waals surface area contributed by atoms with Gasteiger partial charge in [-0.2, -0.15) is 5.10 Å². The van der Waals surface area contributed by atoms with Crippen LogP contribution < -0.4 is 11.1 Å². The van der Waals surface area contributed by atoms with Gasteiger partial charge in [0, 0.05) is 30.0 Å². The van der Waals surface area contributed by atoms with Crippen molar-refractivity contribution in [1.29, 1.82) is 0 Å². The summed E-state index contributed by atoms with van der Waals surface area (Å²) in [7, 11) is 2.00. The van der Waals surface area contributed by atoms with Gasteiger partial charge in [-0.05, 0) is 49.4 Å². The summed E-state index contributed by atoms with van der Waals surface area (Å²) in [6.07, 6.45) is 6.64. The zero-order chi connectivity index (χ0) is 15.9. The number of rotatable bonds is 8. The van der Waals surface area contributed by atoms with E-state index in [0.29, 0.717) is 5.92 Å². The average Bonchev–Trinajstić information content (AvgIpc) is 2.90. The monoisotopic (exact) mass is 364 g/mol. The van der Waals surface area contributed by atoms with E-state index in [0.717, 1.165) is 28.8 Å². The standard InChI is InChI=1S/C17H25BrN4/c1-13(5-3-4-6-15-9-10-21-22(15)2)12-20-17-11-14(18)7-8-16(17)19/h7-11,13,20H,3-6,12,19H2,1-2H3/t13-/m1/s1. The Kier molecular flexibility index (Phi) is 6.31. The number of benzene rings is 1. The van der Waals surface area contributed by atoms with Crippen molar-refractivity contribution < 1.29 is 0 Å². The number of nitrogens with zero attached hydrogens (tertiary/aromatic N) is 2. The Balaban J connectivity index is 1.66. The summed E-state index contributed by atoms with van der Waals surface area (Å²) >= 11 is 3.48. The fourth-order valence-corrected chi connectivity index (χ4v) is 2.87. The fraction of sp³-hybridized carbons (Fsp3) is 0.471. The molecular weight excluding hydrogens is 340 g/mol. The third kappa shape index (κ3) is 5.05. The van der Waals surface area contributed by atoms with Gasteiger partial charge in [0.1, 0.15) is 0 Å². The van der Waals surface area contributed by atoms with Crippen LogP contribution in [0.1, 0.15) is 31.9 Å². The minimum Gasteiger partial charge on any atom is -0.397 e.